The maximum absolute atomic E-state index is 10.0. The van der Waals surface area contributed by atoms with Gasteiger partial charge in [0, 0.05) is 0 Å². The number of hydrogen-bond acceptors (Lipinski definition) is 6. The van der Waals surface area contributed by atoms with Gasteiger partial charge in [-0.15, -0.1) is 0 Å². The third kappa shape index (κ3) is 2.71. The van der Waals surface area contributed by atoms with Crippen LogP contribution < -0.4 is 0 Å². The Bertz CT molecular complexity index is 168. The number of aliphatic hydroxyl groups is 5. The molecule has 0 aliphatic heterocycles. The van der Waals surface area contributed by atoms with Crippen LogP contribution in [-0.2, 0) is 4.79 Å². The minimum absolute atomic E-state index is 0.0310. The zero-order valence-corrected chi connectivity index (χ0v) is 7.16. The summed E-state index contributed by atoms with van der Waals surface area (Å²) in [5.74, 6) is 0. The second kappa shape index (κ2) is 4.64. The molecule has 4 atom stereocenters. The van der Waals surface area contributed by atoms with Crippen molar-refractivity contribution < 1.29 is 30.3 Å². The van der Waals surface area contributed by atoms with E-state index < -0.39 is 30.5 Å². The maximum Gasteiger partial charge on any atom is 0.151 e. The lowest BCUT2D eigenvalue weighted by Gasteiger charge is -2.33. The Hall–Kier alpha value is -0.530. The lowest BCUT2D eigenvalue weighted by atomic mass is 9.89. The van der Waals surface area contributed by atoms with Crippen molar-refractivity contribution in [1.82, 2.24) is 0 Å². The fraction of sp³-hybridized carbons (Fsp3) is 0.857. The molecule has 0 aliphatic carbocycles. The van der Waals surface area contributed by atoms with Crippen molar-refractivity contribution >= 4 is 6.29 Å². The van der Waals surface area contributed by atoms with Gasteiger partial charge in [-0.1, -0.05) is 0 Å². The first-order chi connectivity index (χ1) is 5.87. The molecule has 0 saturated carbocycles. The van der Waals surface area contributed by atoms with E-state index in [1.54, 1.807) is 0 Å². The fourth-order valence-electron chi connectivity index (χ4n) is 0.802. The van der Waals surface area contributed by atoms with Gasteiger partial charge in [0.25, 0.3) is 0 Å². The summed E-state index contributed by atoms with van der Waals surface area (Å²) in [6.45, 7) is 0.223. The highest BCUT2D eigenvalue weighted by atomic mass is 16.4. The van der Waals surface area contributed by atoms with E-state index in [1.165, 1.54) is 0 Å². The van der Waals surface area contributed by atoms with Gasteiger partial charge < -0.3 is 30.3 Å². The molecule has 0 aliphatic rings. The molecular formula is C7H14O6. The summed E-state index contributed by atoms with van der Waals surface area (Å²) in [6.07, 6.45) is -5.23. The second-order valence-electron chi connectivity index (χ2n) is 3.00. The summed E-state index contributed by atoms with van der Waals surface area (Å²) in [5, 5.41) is 44.9. The number of rotatable bonds is 5. The zero-order chi connectivity index (χ0) is 10.6. The van der Waals surface area contributed by atoms with E-state index in [1.807, 2.05) is 0 Å². The minimum atomic E-state index is -2.13. The highest BCUT2D eigenvalue weighted by Gasteiger charge is 2.41. The van der Waals surface area contributed by atoms with Gasteiger partial charge in [0.1, 0.15) is 23.9 Å². The van der Waals surface area contributed by atoms with Crippen LogP contribution in [0.5, 0.6) is 0 Å². The van der Waals surface area contributed by atoms with E-state index in [9.17, 15) is 9.90 Å². The summed E-state index contributed by atoms with van der Waals surface area (Å²) in [7, 11) is 0. The Morgan fingerprint density at radius 1 is 1.38 bits per heavy atom. The van der Waals surface area contributed by atoms with Gasteiger partial charge in [0.05, 0.1) is 6.61 Å². The standard InChI is InChI=1S/C7H14O6/c1-7(13,5(11)3-9)6(12)4(10)2-8/h2,4-6,9-13H,3H2,1H3/t4-,5+,6+,7+/m0/s1. The van der Waals surface area contributed by atoms with Crippen LogP contribution >= 0.6 is 0 Å². The highest BCUT2D eigenvalue weighted by Crippen LogP contribution is 2.17. The molecule has 0 fully saturated rings. The molecule has 0 spiro atoms. The molecule has 0 unspecified atom stereocenters. The molecular weight excluding hydrogens is 180 g/mol. The minimum Gasteiger partial charge on any atom is -0.394 e. The molecule has 0 heterocycles. The fourth-order valence-corrected chi connectivity index (χ4v) is 0.802. The molecule has 0 aromatic carbocycles. The van der Waals surface area contributed by atoms with Gasteiger partial charge in [-0.2, -0.15) is 0 Å². The average Bonchev–Trinajstić information content (AvgIpc) is 2.13. The molecule has 0 aromatic rings. The van der Waals surface area contributed by atoms with Crippen molar-refractivity contribution in [3.8, 4) is 0 Å². The van der Waals surface area contributed by atoms with E-state index in [0.717, 1.165) is 6.92 Å². The Balaban J connectivity index is 4.51. The lowest BCUT2D eigenvalue weighted by Crippen LogP contribution is -2.56. The summed E-state index contributed by atoms with van der Waals surface area (Å²) in [4.78, 5) is 10.0. The van der Waals surface area contributed by atoms with Crippen LogP contribution in [0, 0.1) is 0 Å². The Morgan fingerprint density at radius 3 is 2.15 bits per heavy atom. The van der Waals surface area contributed by atoms with Crippen LogP contribution in [0.4, 0.5) is 0 Å². The monoisotopic (exact) mass is 194 g/mol. The van der Waals surface area contributed by atoms with Crippen molar-refractivity contribution in [2.45, 2.75) is 30.8 Å². The molecule has 0 saturated heterocycles. The Labute approximate surface area is 75.1 Å². The SMILES string of the molecule is C[C@@](O)([C@H](O)CO)[C@H](O)[C@@H](O)C=O. The lowest BCUT2D eigenvalue weighted by molar-refractivity contribution is -0.175. The normalized spacial score (nSPS) is 22.9. The molecule has 0 radical (unpaired) electrons. The quantitative estimate of drug-likeness (QED) is 0.298. The molecule has 78 valence electrons. The number of hydrogen-bond donors (Lipinski definition) is 5. The number of aldehydes is 1. The maximum atomic E-state index is 10.0. The van der Waals surface area contributed by atoms with Gasteiger partial charge in [-0.3, -0.25) is 0 Å². The van der Waals surface area contributed by atoms with E-state index in [2.05, 4.69) is 0 Å². The summed E-state index contributed by atoms with van der Waals surface area (Å²) in [6, 6.07) is 0. The van der Waals surface area contributed by atoms with Crippen molar-refractivity contribution in [2.24, 2.45) is 0 Å². The van der Waals surface area contributed by atoms with Crippen molar-refractivity contribution in [3.63, 3.8) is 0 Å². The Kier molecular flexibility index (Phi) is 4.45. The van der Waals surface area contributed by atoms with Crippen molar-refractivity contribution in [2.75, 3.05) is 6.61 Å². The number of carbonyl (C=O) groups excluding carboxylic acids is 1. The molecule has 0 bridgehead atoms. The van der Waals surface area contributed by atoms with Crippen LogP contribution in [0.2, 0.25) is 0 Å². The molecule has 0 rings (SSSR count). The third-order valence-electron chi connectivity index (χ3n) is 1.91. The van der Waals surface area contributed by atoms with Gasteiger partial charge in [0.2, 0.25) is 0 Å². The van der Waals surface area contributed by atoms with Crippen LogP contribution in [0.3, 0.4) is 0 Å². The highest BCUT2D eigenvalue weighted by molar-refractivity contribution is 5.57. The van der Waals surface area contributed by atoms with Gasteiger partial charge >= 0.3 is 0 Å². The molecule has 6 heteroatoms. The van der Waals surface area contributed by atoms with Crippen molar-refractivity contribution in [3.05, 3.63) is 0 Å². The van der Waals surface area contributed by atoms with Crippen LogP contribution in [0.25, 0.3) is 0 Å². The molecule has 13 heavy (non-hydrogen) atoms. The largest absolute Gasteiger partial charge is 0.394 e. The summed E-state index contributed by atoms with van der Waals surface area (Å²) >= 11 is 0. The van der Waals surface area contributed by atoms with E-state index >= 15 is 0 Å². The topological polar surface area (TPSA) is 118 Å². The molecule has 6 nitrogen and oxygen atoms in total. The Morgan fingerprint density at radius 2 is 1.85 bits per heavy atom. The zero-order valence-electron chi connectivity index (χ0n) is 7.16. The first-order valence-electron chi connectivity index (χ1n) is 3.70. The van der Waals surface area contributed by atoms with E-state index in [4.69, 9.17) is 20.4 Å². The summed E-state index contributed by atoms with van der Waals surface area (Å²) in [5.41, 5.74) is -2.13. The second-order valence-corrected chi connectivity index (χ2v) is 3.00. The van der Waals surface area contributed by atoms with Crippen LogP contribution in [0.15, 0.2) is 0 Å². The molecule has 0 amide bonds. The molecule has 5 N–H and O–H groups in total. The predicted molar refractivity (Wildman–Crippen MR) is 41.8 cm³/mol. The number of aliphatic hydroxyl groups excluding tert-OH is 4. The van der Waals surface area contributed by atoms with Gasteiger partial charge in [0.15, 0.2) is 6.29 Å². The average molecular weight is 194 g/mol. The smallest absolute Gasteiger partial charge is 0.151 e. The first kappa shape index (κ1) is 12.5. The number of carbonyl (C=O) groups is 1. The first-order valence-corrected chi connectivity index (χ1v) is 3.70. The van der Waals surface area contributed by atoms with E-state index in [-0.39, 0.29) is 6.29 Å². The van der Waals surface area contributed by atoms with Gasteiger partial charge in [-0.25, -0.2) is 0 Å². The predicted octanol–water partition coefficient (Wildman–Crippen LogP) is -2.99. The van der Waals surface area contributed by atoms with Crippen LogP contribution in [-0.4, -0.2) is 62.3 Å². The van der Waals surface area contributed by atoms with Crippen LogP contribution in [0.1, 0.15) is 6.92 Å². The summed E-state index contributed by atoms with van der Waals surface area (Å²) < 4.78 is 0. The van der Waals surface area contributed by atoms with E-state index in [0.29, 0.717) is 0 Å². The third-order valence-corrected chi connectivity index (χ3v) is 1.91. The molecule has 0 aromatic heterocycles. The van der Waals surface area contributed by atoms with Gasteiger partial charge in [-0.05, 0) is 6.92 Å². The van der Waals surface area contributed by atoms with Crippen molar-refractivity contribution in [1.29, 1.82) is 0 Å².